The van der Waals surface area contributed by atoms with Crippen molar-refractivity contribution in [1.29, 1.82) is 0 Å². The maximum atomic E-state index is 13.4. The Balaban J connectivity index is 1.80. The van der Waals surface area contributed by atoms with Crippen molar-refractivity contribution >= 4 is 39.5 Å². The van der Waals surface area contributed by atoms with Crippen LogP contribution < -0.4 is 5.32 Å². The molecule has 3 aromatic rings. The number of nitrogens with zero attached hydrogens (tertiary/aromatic N) is 1. The second-order valence-electron chi connectivity index (χ2n) is 7.38. The molecule has 3 rings (SSSR count). The van der Waals surface area contributed by atoms with Gasteiger partial charge in [0, 0.05) is 41.6 Å². The van der Waals surface area contributed by atoms with Crippen molar-refractivity contribution in [3.8, 4) is 0 Å². The molecule has 0 fully saturated rings. The highest BCUT2D eigenvalue weighted by Gasteiger charge is 2.29. The summed E-state index contributed by atoms with van der Waals surface area (Å²) in [5.74, 6) is 0.474. The molecular weight excluding hydrogens is 484 g/mol. The molecule has 32 heavy (non-hydrogen) atoms. The first-order valence-corrected chi connectivity index (χ1v) is 12.3. The first-order valence-electron chi connectivity index (χ1n) is 10.5. The molecule has 0 heterocycles. The average molecular weight is 511 g/mol. The van der Waals surface area contributed by atoms with E-state index in [1.165, 1.54) is 0 Å². The molecular formula is C26H27BrN2O2S. The molecule has 0 saturated heterocycles. The fourth-order valence-electron chi connectivity index (χ4n) is 3.42. The average Bonchev–Trinajstić information content (AvgIpc) is 2.83. The number of likely N-dealkylation sites (N-methyl/N-ethyl adjacent to an activating group) is 1. The molecule has 166 valence electrons. The number of benzene rings is 3. The van der Waals surface area contributed by atoms with Gasteiger partial charge < -0.3 is 10.2 Å². The number of nitrogens with one attached hydrogen (secondary N) is 1. The number of halogens is 1. The Morgan fingerprint density at radius 1 is 0.906 bits per heavy atom. The van der Waals surface area contributed by atoms with Crippen LogP contribution in [0.5, 0.6) is 0 Å². The molecule has 3 aromatic carbocycles. The first kappa shape index (κ1) is 24.1. The molecule has 4 nitrogen and oxygen atoms in total. The predicted molar refractivity (Wildman–Crippen MR) is 134 cm³/mol. The van der Waals surface area contributed by atoms with E-state index in [-0.39, 0.29) is 11.8 Å². The zero-order valence-electron chi connectivity index (χ0n) is 18.0. The molecule has 0 aromatic heterocycles. The summed E-state index contributed by atoms with van der Waals surface area (Å²) in [5, 5.41) is 2.75. The number of hydrogen-bond donors (Lipinski definition) is 1. The SMILES string of the molecule is CNC(=O)[C@@H](Cc1ccccc1)N(Cc1ccc(Br)cc1)C(=O)CCSc1ccccc1. The number of thioether (sulfide) groups is 1. The van der Waals surface area contributed by atoms with Gasteiger partial charge in [-0.15, -0.1) is 11.8 Å². The van der Waals surface area contributed by atoms with Crippen molar-refractivity contribution in [2.24, 2.45) is 0 Å². The molecule has 0 unspecified atom stereocenters. The summed E-state index contributed by atoms with van der Waals surface area (Å²) in [5.41, 5.74) is 2.01. The fourth-order valence-corrected chi connectivity index (χ4v) is 4.55. The third-order valence-electron chi connectivity index (χ3n) is 5.11. The van der Waals surface area contributed by atoms with Crippen LogP contribution in [0.2, 0.25) is 0 Å². The lowest BCUT2D eigenvalue weighted by Crippen LogP contribution is -2.49. The van der Waals surface area contributed by atoms with Crippen LogP contribution in [-0.2, 0) is 22.6 Å². The van der Waals surface area contributed by atoms with Crippen molar-refractivity contribution < 1.29 is 9.59 Å². The zero-order valence-corrected chi connectivity index (χ0v) is 20.4. The topological polar surface area (TPSA) is 49.4 Å². The van der Waals surface area contributed by atoms with Gasteiger partial charge in [-0.05, 0) is 35.4 Å². The van der Waals surface area contributed by atoms with Gasteiger partial charge in [0.05, 0.1) is 0 Å². The number of rotatable bonds is 10. The Morgan fingerprint density at radius 3 is 2.16 bits per heavy atom. The standard InChI is InChI=1S/C26H27BrN2O2S/c1-28-26(31)24(18-20-8-4-2-5-9-20)29(19-21-12-14-22(27)15-13-21)25(30)16-17-32-23-10-6-3-7-11-23/h2-15,24H,16-19H2,1H3,(H,28,31)/t24-/m1/s1. The van der Waals surface area contributed by atoms with Crippen molar-refractivity contribution in [2.45, 2.75) is 30.3 Å². The van der Waals surface area contributed by atoms with Gasteiger partial charge in [0.1, 0.15) is 6.04 Å². The molecule has 0 radical (unpaired) electrons. The summed E-state index contributed by atoms with van der Waals surface area (Å²) >= 11 is 5.11. The van der Waals surface area contributed by atoms with Gasteiger partial charge in [0.15, 0.2) is 0 Å². The number of carbonyl (C=O) groups is 2. The Morgan fingerprint density at radius 2 is 1.53 bits per heavy atom. The van der Waals surface area contributed by atoms with Crippen LogP contribution in [0.3, 0.4) is 0 Å². The smallest absolute Gasteiger partial charge is 0.242 e. The first-order chi connectivity index (χ1) is 15.6. The summed E-state index contributed by atoms with van der Waals surface area (Å²) in [6.45, 7) is 0.382. The third-order valence-corrected chi connectivity index (χ3v) is 6.65. The van der Waals surface area contributed by atoms with Crippen molar-refractivity contribution in [3.63, 3.8) is 0 Å². The highest BCUT2D eigenvalue weighted by atomic mass is 79.9. The summed E-state index contributed by atoms with van der Waals surface area (Å²) < 4.78 is 0.977. The Hall–Kier alpha value is -2.57. The number of hydrogen-bond acceptors (Lipinski definition) is 3. The third kappa shape index (κ3) is 7.24. The predicted octanol–water partition coefficient (Wildman–Crippen LogP) is 5.32. The zero-order chi connectivity index (χ0) is 22.8. The lowest BCUT2D eigenvalue weighted by molar-refractivity contribution is -0.140. The summed E-state index contributed by atoms with van der Waals surface area (Å²) in [6.07, 6.45) is 0.826. The van der Waals surface area contributed by atoms with Gasteiger partial charge in [-0.2, -0.15) is 0 Å². The second-order valence-corrected chi connectivity index (χ2v) is 9.46. The second kappa shape index (κ2) is 12.5. The van der Waals surface area contributed by atoms with E-state index in [1.54, 1.807) is 23.7 Å². The Kier molecular flexibility index (Phi) is 9.38. The van der Waals surface area contributed by atoms with Crippen molar-refractivity contribution in [3.05, 3.63) is 101 Å². The van der Waals surface area contributed by atoms with E-state index >= 15 is 0 Å². The van der Waals surface area contributed by atoms with Crippen LogP contribution in [0, 0.1) is 0 Å². The summed E-state index contributed by atoms with van der Waals surface area (Å²) in [4.78, 5) is 29.1. The maximum absolute atomic E-state index is 13.4. The normalized spacial score (nSPS) is 11.6. The molecule has 1 N–H and O–H groups in total. The van der Waals surface area contributed by atoms with E-state index in [4.69, 9.17) is 0 Å². The minimum Gasteiger partial charge on any atom is -0.357 e. The van der Waals surface area contributed by atoms with Crippen LogP contribution >= 0.6 is 27.7 Å². The highest BCUT2D eigenvalue weighted by molar-refractivity contribution is 9.10. The van der Waals surface area contributed by atoms with E-state index in [2.05, 4.69) is 21.2 Å². The van der Waals surface area contributed by atoms with Crippen LogP contribution in [0.25, 0.3) is 0 Å². The molecule has 0 aliphatic rings. The van der Waals surface area contributed by atoms with Gasteiger partial charge >= 0.3 is 0 Å². The van der Waals surface area contributed by atoms with Crippen molar-refractivity contribution in [2.75, 3.05) is 12.8 Å². The van der Waals surface area contributed by atoms with Gasteiger partial charge in [-0.25, -0.2) is 0 Å². The molecule has 0 bridgehead atoms. The van der Waals surface area contributed by atoms with E-state index in [9.17, 15) is 9.59 Å². The van der Waals surface area contributed by atoms with Gasteiger partial charge in [-0.1, -0.05) is 76.6 Å². The van der Waals surface area contributed by atoms with Gasteiger partial charge in [0.2, 0.25) is 11.8 Å². The lowest BCUT2D eigenvalue weighted by atomic mass is 10.0. The van der Waals surface area contributed by atoms with Crippen LogP contribution in [0.15, 0.2) is 94.3 Å². The van der Waals surface area contributed by atoms with E-state index in [0.29, 0.717) is 25.1 Å². The minimum atomic E-state index is -0.583. The summed E-state index contributed by atoms with van der Waals surface area (Å²) in [7, 11) is 1.62. The monoisotopic (exact) mass is 510 g/mol. The number of carbonyl (C=O) groups excluding carboxylic acids is 2. The Labute approximate surface area is 202 Å². The fraction of sp³-hybridized carbons (Fsp3) is 0.231. The maximum Gasteiger partial charge on any atom is 0.242 e. The number of amides is 2. The summed E-state index contributed by atoms with van der Waals surface area (Å²) in [6, 6.07) is 27.2. The Bertz CT molecular complexity index is 997. The van der Waals surface area contributed by atoms with E-state index < -0.39 is 6.04 Å². The van der Waals surface area contributed by atoms with Gasteiger partial charge in [-0.3, -0.25) is 9.59 Å². The van der Waals surface area contributed by atoms with E-state index in [1.807, 2.05) is 84.9 Å². The van der Waals surface area contributed by atoms with Crippen LogP contribution in [-0.4, -0.2) is 35.6 Å². The lowest BCUT2D eigenvalue weighted by Gasteiger charge is -2.31. The van der Waals surface area contributed by atoms with Gasteiger partial charge in [0.25, 0.3) is 0 Å². The molecule has 0 saturated carbocycles. The molecule has 6 heteroatoms. The molecule has 0 aliphatic carbocycles. The molecule has 2 amide bonds. The molecule has 1 atom stereocenters. The largest absolute Gasteiger partial charge is 0.357 e. The molecule has 0 aliphatic heterocycles. The van der Waals surface area contributed by atoms with E-state index in [0.717, 1.165) is 20.5 Å². The highest BCUT2D eigenvalue weighted by Crippen LogP contribution is 2.21. The van der Waals surface area contributed by atoms with Crippen LogP contribution in [0.4, 0.5) is 0 Å². The minimum absolute atomic E-state index is 0.0270. The van der Waals surface area contributed by atoms with Crippen molar-refractivity contribution in [1.82, 2.24) is 10.2 Å². The van der Waals surface area contributed by atoms with Crippen LogP contribution in [0.1, 0.15) is 17.5 Å². The quantitative estimate of drug-likeness (QED) is 0.375. The molecule has 0 spiro atoms.